The van der Waals surface area contributed by atoms with E-state index in [1.165, 1.54) is 0 Å². The van der Waals surface area contributed by atoms with Gasteiger partial charge in [0, 0.05) is 19.2 Å². The van der Waals surface area contributed by atoms with E-state index >= 15 is 0 Å². The van der Waals surface area contributed by atoms with E-state index in [4.69, 9.17) is 11.5 Å². The van der Waals surface area contributed by atoms with Crippen LogP contribution in [0.15, 0.2) is 28.1 Å². The summed E-state index contributed by atoms with van der Waals surface area (Å²) in [4.78, 5) is 3.21. The molecule has 0 aromatic heterocycles. The predicted octanol–water partition coefficient (Wildman–Crippen LogP) is 3.77. The zero-order chi connectivity index (χ0) is 25.6. The number of aliphatic imine (C=N–C) groups is 1. The molecule has 1 aromatic rings. The molecule has 0 atom stereocenters. The Balaban J connectivity index is 0.00000612. The van der Waals surface area contributed by atoms with Crippen LogP contribution in [0.25, 0.3) is 0 Å². The van der Waals surface area contributed by atoms with Gasteiger partial charge in [0.1, 0.15) is 16.4 Å². The van der Waals surface area contributed by atoms with Crippen LogP contribution in [0.2, 0.25) is 0 Å². The van der Waals surface area contributed by atoms with Crippen LogP contribution in [0.5, 0.6) is 11.5 Å². The number of alkyl halides is 6. The summed E-state index contributed by atoms with van der Waals surface area (Å²) in [5.41, 5.74) is 10.6. The average Bonchev–Trinajstić information content (AvgIpc) is 2.73. The quantitative estimate of drug-likeness (QED) is 0.215. The Morgan fingerprint density at radius 3 is 2.00 bits per heavy atom. The highest BCUT2D eigenvalue weighted by Gasteiger charge is 2.32. The summed E-state index contributed by atoms with van der Waals surface area (Å²) in [6.07, 6.45) is -6.60. The number of halogens is 8. The maximum Gasteiger partial charge on any atom is 0.422 e. The lowest BCUT2D eigenvalue weighted by molar-refractivity contribution is -0.154. The second kappa shape index (κ2) is 14.2. The molecule has 0 radical (unpaired) electrons. The minimum atomic E-state index is -4.75. The second-order valence-corrected chi connectivity index (χ2v) is 9.66. The number of hydrogen-bond acceptors (Lipinski definition) is 5. The fourth-order valence-electron chi connectivity index (χ4n) is 3.39. The van der Waals surface area contributed by atoms with E-state index in [1.807, 2.05) is 0 Å². The van der Waals surface area contributed by atoms with Crippen molar-refractivity contribution in [3.05, 3.63) is 18.2 Å². The van der Waals surface area contributed by atoms with Crippen LogP contribution < -0.4 is 25.7 Å². The maximum atomic E-state index is 12.8. The molecule has 5 N–H and O–H groups in total. The molecular formula is C19H28Cl2F6N4O4S. The van der Waals surface area contributed by atoms with Crippen LogP contribution >= 0.6 is 24.8 Å². The Bertz CT molecular complexity index is 952. The Morgan fingerprint density at radius 2 is 1.47 bits per heavy atom. The van der Waals surface area contributed by atoms with Gasteiger partial charge in [-0.05, 0) is 49.7 Å². The molecule has 0 unspecified atom stereocenters. The van der Waals surface area contributed by atoms with Crippen LogP contribution in [0, 0.1) is 11.8 Å². The molecule has 0 aliphatic heterocycles. The Hall–Kier alpha value is -1.84. The van der Waals surface area contributed by atoms with E-state index in [-0.39, 0.29) is 49.2 Å². The van der Waals surface area contributed by atoms with E-state index < -0.39 is 52.0 Å². The standard InChI is InChI=1S/C19H26F6N4O4S.2ClH/c20-18(21,22)10-32-14-5-6-15(33-11-19(23,24)25)16(7-14)34(30,31)29-9-13-3-1-12(2-4-13)8-28-17(26)27;;/h5-7,12-13,29H,1-4,8-11H2,(H4,26,27,28);2*1H. The van der Waals surface area contributed by atoms with E-state index in [1.54, 1.807) is 0 Å². The molecule has 0 saturated heterocycles. The largest absolute Gasteiger partial charge is 0.484 e. The van der Waals surface area contributed by atoms with E-state index in [9.17, 15) is 34.8 Å². The highest BCUT2D eigenvalue weighted by Crippen LogP contribution is 2.32. The molecule has 0 heterocycles. The van der Waals surface area contributed by atoms with Gasteiger partial charge >= 0.3 is 12.4 Å². The summed E-state index contributed by atoms with van der Waals surface area (Å²) in [7, 11) is -4.43. The number of rotatable bonds is 10. The first kappa shape index (κ1) is 34.2. The van der Waals surface area contributed by atoms with Crippen LogP contribution in [0.4, 0.5) is 26.3 Å². The van der Waals surface area contributed by atoms with E-state index in [0.29, 0.717) is 25.5 Å². The van der Waals surface area contributed by atoms with Crippen LogP contribution in [0.3, 0.4) is 0 Å². The summed E-state index contributed by atoms with van der Waals surface area (Å²) in [6.45, 7) is -3.03. The van der Waals surface area contributed by atoms with Gasteiger partial charge in [0.15, 0.2) is 19.2 Å². The maximum absolute atomic E-state index is 12.8. The van der Waals surface area contributed by atoms with Gasteiger partial charge in [-0.2, -0.15) is 26.3 Å². The number of hydrogen-bond donors (Lipinski definition) is 3. The third kappa shape index (κ3) is 12.4. The van der Waals surface area contributed by atoms with Gasteiger partial charge < -0.3 is 20.9 Å². The molecule has 17 heteroatoms. The first-order valence-electron chi connectivity index (χ1n) is 10.2. The number of ether oxygens (including phenoxy) is 2. The number of benzene rings is 1. The summed E-state index contributed by atoms with van der Waals surface area (Å²) in [6, 6.07) is 2.42. The third-order valence-electron chi connectivity index (χ3n) is 5.06. The van der Waals surface area contributed by atoms with Gasteiger partial charge in [-0.1, -0.05) is 0 Å². The molecule has 210 valence electrons. The molecule has 1 aliphatic carbocycles. The minimum Gasteiger partial charge on any atom is -0.484 e. The van der Waals surface area contributed by atoms with Crippen molar-refractivity contribution in [2.75, 3.05) is 26.3 Å². The van der Waals surface area contributed by atoms with Gasteiger partial charge in [0.25, 0.3) is 0 Å². The van der Waals surface area contributed by atoms with Gasteiger partial charge in [0.05, 0.1) is 0 Å². The number of sulfonamides is 1. The molecule has 1 aliphatic rings. The molecule has 8 nitrogen and oxygen atoms in total. The van der Waals surface area contributed by atoms with Gasteiger partial charge in [-0.25, -0.2) is 13.1 Å². The Labute approximate surface area is 217 Å². The van der Waals surface area contributed by atoms with E-state index in [2.05, 4.69) is 19.2 Å². The highest BCUT2D eigenvalue weighted by molar-refractivity contribution is 7.89. The molecule has 1 aromatic carbocycles. The van der Waals surface area contributed by atoms with Crippen molar-refractivity contribution in [2.45, 2.75) is 42.9 Å². The Morgan fingerprint density at radius 1 is 0.944 bits per heavy atom. The van der Waals surface area contributed by atoms with Crippen molar-refractivity contribution in [2.24, 2.45) is 28.3 Å². The SMILES string of the molecule is Cl.Cl.NC(N)=NCC1CCC(CNS(=O)(=O)c2cc(OCC(F)(F)F)ccc2OCC(F)(F)F)CC1. The summed E-state index contributed by atoms with van der Waals surface area (Å²) < 4.78 is 112. The van der Waals surface area contributed by atoms with Crippen molar-refractivity contribution in [3.8, 4) is 11.5 Å². The minimum absolute atomic E-state index is 0. The number of nitrogens with one attached hydrogen (secondary N) is 1. The monoisotopic (exact) mass is 592 g/mol. The Kier molecular flexibility index (Phi) is 13.5. The van der Waals surface area contributed by atoms with Crippen LogP contribution in [0.1, 0.15) is 25.7 Å². The average molecular weight is 593 g/mol. The molecule has 0 spiro atoms. The fourth-order valence-corrected chi connectivity index (χ4v) is 4.66. The second-order valence-electron chi connectivity index (χ2n) is 7.92. The predicted molar refractivity (Wildman–Crippen MR) is 125 cm³/mol. The molecule has 0 amide bonds. The van der Waals surface area contributed by atoms with E-state index in [0.717, 1.165) is 25.0 Å². The van der Waals surface area contributed by atoms with Crippen molar-refractivity contribution < 1.29 is 44.2 Å². The van der Waals surface area contributed by atoms with Crippen molar-refractivity contribution in [1.29, 1.82) is 0 Å². The summed E-state index contributed by atoms with van der Waals surface area (Å²) >= 11 is 0. The first-order valence-corrected chi connectivity index (χ1v) is 11.7. The first-order chi connectivity index (χ1) is 15.6. The number of guanidine groups is 1. The molecular weight excluding hydrogens is 565 g/mol. The fraction of sp³-hybridized carbons (Fsp3) is 0.632. The van der Waals surface area contributed by atoms with Crippen molar-refractivity contribution in [3.63, 3.8) is 0 Å². The molecule has 0 bridgehead atoms. The molecule has 1 fully saturated rings. The van der Waals surface area contributed by atoms with Crippen LogP contribution in [-0.2, 0) is 10.0 Å². The molecule has 36 heavy (non-hydrogen) atoms. The van der Waals surface area contributed by atoms with Crippen molar-refractivity contribution >= 4 is 40.8 Å². The van der Waals surface area contributed by atoms with Crippen molar-refractivity contribution in [1.82, 2.24) is 4.72 Å². The summed E-state index contributed by atoms with van der Waals surface area (Å²) in [5, 5.41) is 0. The lowest BCUT2D eigenvalue weighted by atomic mass is 9.82. The van der Waals surface area contributed by atoms with Gasteiger partial charge in [-0.15, -0.1) is 24.8 Å². The lowest BCUT2D eigenvalue weighted by Crippen LogP contribution is -2.32. The smallest absolute Gasteiger partial charge is 0.422 e. The topological polar surface area (TPSA) is 129 Å². The zero-order valence-corrected chi connectivity index (χ0v) is 21.2. The molecule has 2 rings (SSSR count). The zero-order valence-electron chi connectivity index (χ0n) is 18.8. The lowest BCUT2D eigenvalue weighted by Gasteiger charge is -2.27. The van der Waals surface area contributed by atoms with Crippen LogP contribution in [-0.4, -0.2) is 53.0 Å². The normalized spacial score (nSPS) is 18.4. The number of nitrogens with zero attached hydrogens (tertiary/aromatic N) is 1. The number of nitrogens with two attached hydrogens (primary N) is 2. The van der Waals surface area contributed by atoms with Gasteiger partial charge in [0.2, 0.25) is 10.0 Å². The highest BCUT2D eigenvalue weighted by atomic mass is 35.5. The summed E-state index contributed by atoms with van der Waals surface area (Å²) in [5.74, 6) is -0.962. The van der Waals surface area contributed by atoms with Gasteiger partial charge in [-0.3, -0.25) is 4.99 Å². The third-order valence-corrected chi connectivity index (χ3v) is 6.50. The molecule has 1 saturated carbocycles.